The molecule has 5 heteroatoms. The predicted molar refractivity (Wildman–Crippen MR) is 90.0 cm³/mol. The van der Waals surface area contributed by atoms with Gasteiger partial charge >= 0.3 is 0 Å². The van der Waals surface area contributed by atoms with Crippen molar-refractivity contribution in [2.24, 2.45) is 7.05 Å². The zero-order chi connectivity index (χ0) is 15.6. The number of nitrogens with zero attached hydrogens (tertiary/aromatic N) is 2. The number of aromatic nitrogens is 2. The average molecular weight is 350 g/mol. The number of rotatable bonds is 4. The van der Waals surface area contributed by atoms with Gasteiger partial charge < -0.3 is 5.32 Å². The summed E-state index contributed by atoms with van der Waals surface area (Å²) in [5.74, 6) is 0. The van der Waals surface area contributed by atoms with Crippen LogP contribution in [0, 0.1) is 20.8 Å². The van der Waals surface area contributed by atoms with E-state index in [4.69, 9.17) is 0 Å². The SMILES string of the molecule is Cc1cc(C)c(CCNc2cnn(C)c(=O)c2Br)c(C)c1. The maximum absolute atomic E-state index is 11.8. The second-order valence-electron chi connectivity index (χ2n) is 5.36. The Morgan fingerprint density at radius 1 is 1.24 bits per heavy atom. The van der Waals surface area contributed by atoms with Gasteiger partial charge in [0.15, 0.2) is 0 Å². The van der Waals surface area contributed by atoms with Crippen LogP contribution in [0.3, 0.4) is 0 Å². The summed E-state index contributed by atoms with van der Waals surface area (Å²) in [5.41, 5.74) is 5.88. The fourth-order valence-corrected chi connectivity index (χ4v) is 3.06. The minimum atomic E-state index is -0.136. The molecular formula is C16H20BrN3O. The van der Waals surface area contributed by atoms with E-state index >= 15 is 0 Å². The highest BCUT2D eigenvalue weighted by Crippen LogP contribution is 2.19. The van der Waals surface area contributed by atoms with Gasteiger partial charge in [-0.05, 0) is 59.8 Å². The van der Waals surface area contributed by atoms with Crippen LogP contribution >= 0.6 is 15.9 Å². The Morgan fingerprint density at radius 3 is 2.48 bits per heavy atom. The van der Waals surface area contributed by atoms with E-state index in [0.29, 0.717) is 4.47 Å². The molecule has 2 aromatic rings. The molecule has 1 aromatic heterocycles. The van der Waals surface area contributed by atoms with E-state index in [2.05, 4.69) is 59.2 Å². The minimum absolute atomic E-state index is 0.136. The number of benzene rings is 1. The molecule has 0 aliphatic carbocycles. The van der Waals surface area contributed by atoms with Crippen LogP contribution in [0.1, 0.15) is 22.3 Å². The second-order valence-corrected chi connectivity index (χ2v) is 6.15. The highest BCUT2D eigenvalue weighted by atomic mass is 79.9. The first kappa shape index (κ1) is 15.8. The average Bonchev–Trinajstić information content (AvgIpc) is 2.41. The van der Waals surface area contributed by atoms with Crippen LogP contribution < -0.4 is 10.9 Å². The van der Waals surface area contributed by atoms with Crippen molar-refractivity contribution in [3.8, 4) is 0 Å². The lowest BCUT2D eigenvalue weighted by molar-refractivity contribution is 0.703. The number of aryl methyl sites for hydroxylation is 4. The smallest absolute Gasteiger partial charge is 0.282 e. The van der Waals surface area contributed by atoms with Crippen LogP contribution in [0.25, 0.3) is 0 Å². The summed E-state index contributed by atoms with van der Waals surface area (Å²) in [6.07, 6.45) is 2.58. The number of anilines is 1. The van der Waals surface area contributed by atoms with Gasteiger partial charge in [0.2, 0.25) is 0 Å². The van der Waals surface area contributed by atoms with Crippen LogP contribution in [-0.4, -0.2) is 16.3 Å². The van der Waals surface area contributed by atoms with Gasteiger partial charge in [0, 0.05) is 13.6 Å². The van der Waals surface area contributed by atoms with Crippen molar-refractivity contribution in [1.29, 1.82) is 0 Å². The number of halogens is 1. The molecule has 1 heterocycles. The van der Waals surface area contributed by atoms with Gasteiger partial charge in [-0.25, -0.2) is 4.68 Å². The Hall–Kier alpha value is -1.62. The van der Waals surface area contributed by atoms with Gasteiger partial charge in [-0.1, -0.05) is 17.7 Å². The normalized spacial score (nSPS) is 10.7. The molecule has 0 fully saturated rings. The van der Waals surface area contributed by atoms with Gasteiger partial charge in [0.25, 0.3) is 5.56 Å². The van der Waals surface area contributed by atoms with Crippen molar-refractivity contribution in [3.05, 3.63) is 55.4 Å². The van der Waals surface area contributed by atoms with E-state index in [0.717, 1.165) is 18.7 Å². The largest absolute Gasteiger partial charge is 0.382 e. The quantitative estimate of drug-likeness (QED) is 0.922. The first-order chi connectivity index (χ1) is 9.90. The van der Waals surface area contributed by atoms with Crippen LogP contribution in [0.2, 0.25) is 0 Å². The van der Waals surface area contributed by atoms with Gasteiger partial charge in [-0.15, -0.1) is 0 Å². The van der Waals surface area contributed by atoms with Crippen LogP contribution in [0.15, 0.2) is 27.6 Å². The maximum Gasteiger partial charge on any atom is 0.282 e. The third-order valence-corrected chi connectivity index (χ3v) is 4.38. The first-order valence-corrected chi connectivity index (χ1v) is 7.72. The van der Waals surface area contributed by atoms with Gasteiger partial charge in [-0.2, -0.15) is 5.10 Å². The topological polar surface area (TPSA) is 46.9 Å². The molecule has 4 nitrogen and oxygen atoms in total. The van der Waals surface area contributed by atoms with Crippen molar-refractivity contribution in [2.45, 2.75) is 27.2 Å². The lowest BCUT2D eigenvalue weighted by Crippen LogP contribution is -2.21. The fourth-order valence-electron chi connectivity index (χ4n) is 2.56. The van der Waals surface area contributed by atoms with E-state index in [1.54, 1.807) is 13.2 Å². The van der Waals surface area contributed by atoms with Crippen molar-refractivity contribution < 1.29 is 0 Å². The molecule has 1 aromatic carbocycles. The van der Waals surface area contributed by atoms with Crippen molar-refractivity contribution in [1.82, 2.24) is 9.78 Å². The summed E-state index contributed by atoms with van der Waals surface area (Å²) in [6, 6.07) is 4.41. The zero-order valence-electron chi connectivity index (χ0n) is 12.8. The lowest BCUT2D eigenvalue weighted by atomic mass is 9.97. The Kier molecular flexibility index (Phi) is 4.83. The summed E-state index contributed by atoms with van der Waals surface area (Å²) >= 11 is 3.32. The molecular weight excluding hydrogens is 330 g/mol. The Balaban J connectivity index is 2.09. The van der Waals surface area contributed by atoms with E-state index < -0.39 is 0 Å². The Labute approximate surface area is 133 Å². The molecule has 112 valence electrons. The summed E-state index contributed by atoms with van der Waals surface area (Å²) in [6.45, 7) is 7.17. The number of hydrogen-bond donors (Lipinski definition) is 1. The minimum Gasteiger partial charge on any atom is -0.382 e. The van der Waals surface area contributed by atoms with Crippen molar-refractivity contribution >= 4 is 21.6 Å². The highest BCUT2D eigenvalue weighted by Gasteiger charge is 2.07. The maximum atomic E-state index is 11.8. The monoisotopic (exact) mass is 349 g/mol. The van der Waals surface area contributed by atoms with Crippen molar-refractivity contribution in [3.63, 3.8) is 0 Å². The summed E-state index contributed by atoms with van der Waals surface area (Å²) in [4.78, 5) is 11.8. The highest BCUT2D eigenvalue weighted by molar-refractivity contribution is 9.10. The van der Waals surface area contributed by atoms with Crippen LogP contribution in [0.5, 0.6) is 0 Å². The van der Waals surface area contributed by atoms with E-state index in [1.165, 1.54) is 26.9 Å². The van der Waals surface area contributed by atoms with E-state index in [-0.39, 0.29) is 5.56 Å². The molecule has 0 saturated carbocycles. The van der Waals surface area contributed by atoms with Gasteiger partial charge in [0.1, 0.15) is 4.47 Å². The van der Waals surface area contributed by atoms with E-state index in [9.17, 15) is 4.79 Å². The molecule has 1 N–H and O–H groups in total. The molecule has 0 unspecified atom stereocenters. The summed E-state index contributed by atoms with van der Waals surface area (Å²) in [7, 11) is 1.63. The van der Waals surface area contributed by atoms with E-state index in [1.807, 2.05) is 0 Å². The zero-order valence-corrected chi connectivity index (χ0v) is 14.4. The molecule has 2 rings (SSSR count). The van der Waals surface area contributed by atoms with Crippen LogP contribution in [-0.2, 0) is 13.5 Å². The third-order valence-electron chi connectivity index (χ3n) is 3.61. The molecule has 0 aliphatic heterocycles. The number of hydrogen-bond acceptors (Lipinski definition) is 3. The molecule has 0 radical (unpaired) electrons. The third kappa shape index (κ3) is 3.53. The molecule has 0 saturated heterocycles. The number of nitrogens with one attached hydrogen (secondary N) is 1. The van der Waals surface area contributed by atoms with Crippen LogP contribution in [0.4, 0.5) is 5.69 Å². The van der Waals surface area contributed by atoms with Gasteiger partial charge in [0.05, 0.1) is 11.9 Å². The molecule has 0 bridgehead atoms. The standard InChI is InChI=1S/C16H20BrN3O/c1-10-7-11(2)13(12(3)8-10)5-6-18-14-9-19-20(4)16(21)15(14)17/h7-9,18H,5-6H2,1-4H3. The predicted octanol–water partition coefficient (Wildman–Crippen LogP) is 3.12. The molecule has 0 aliphatic rings. The molecule has 0 amide bonds. The summed E-state index contributed by atoms with van der Waals surface area (Å²) in [5, 5.41) is 7.30. The fraction of sp³-hybridized carbons (Fsp3) is 0.375. The Morgan fingerprint density at radius 2 is 1.86 bits per heavy atom. The summed E-state index contributed by atoms with van der Waals surface area (Å²) < 4.78 is 1.83. The molecule has 0 spiro atoms. The lowest BCUT2D eigenvalue weighted by Gasteiger charge is -2.13. The Bertz CT molecular complexity index is 699. The molecule has 21 heavy (non-hydrogen) atoms. The molecule has 0 atom stereocenters. The van der Waals surface area contributed by atoms with Gasteiger partial charge in [-0.3, -0.25) is 4.79 Å². The second kappa shape index (κ2) is 6.43. The first-order valence-electron chi connectivity index (χ1n) is 6.92. The van der Waals surface area contributed by atoms with Crippen molar-refractivity contribution in [2.75, 3.05) is 11.9 Å².